The third-order valence-electron chi connectivity index (χ3n) is 3.20. The minimum absolute atomic E-state index is 0.601. The van der Waals surface area contributed by atoms with Crippen molar-refractivity contribution in [3.05, 3.63) is 28.8 Å². The first-order chi connectivity index (χ1) is 7.79. The quantitative estimate of drug-likeness (QED) is 0.821. The molecule has 2 N–H and O–H groups in total. The SMILES string of the molecule is NCc1ccc(Cl)cc1SCC1CCCC1. The van der Waals surface area contributed by atoms with Gasteiger partial charge in [-0.25, -0.2) is 0 Å². The molecule has 1 aliphatic carbocycles. The standard InChI is InChI=1S/C13H18ClNS/c14-12-6-5-11(8-15)13(7-12)16-9-10-3-1-2-4-10/h5-7,10H,1-4,8-9,15H2. The van der Waals surface area contributed by atoms with Gasteiger partial charge in [0.1, 0.15) is 0 Å². The molecular formula is C13H18ClNS. The first kappa shape index (κ1) is 12.3. The first-order valence-corrected chi connectivity index (χ1v) is 7.27. The summed E-state index contributed by atoms with van der Waals surface area (Å²) in [6.45, 7) is 0.601. The summed E-state index contributed by atoms with van der Waals surface area (Å²) in [5.41, 5.74) is 6.94. The van der Waals surface area contributed by atoms with Crippen molar-refractivity contribution in [1.29, 1.82) is 0 Å². The Balaban J connectivity index is 1.98. The zero-order valence-electron chi connectivity index (χ0n) is 9.42. The summed E-state index contributed by atoms with van der Waals surface area (Å²) < 4.78 is 0. The zero-order chi connectivity index (χ0) is 11.4. The van der Waals surface area contributed by atoms with Crippen LogP contribution in [-0.2, 0) is 6.54 Å². The molecule has 1 aromatic carbocycles. The average Bonchev–Trinajstić information content (AvgIpc) is 2.79. The molecule has 88 valence electrons. The van der Waals surface area contributed by atoms with E-state index in [0.717, 1.165) is 10.9 Å². The van der Waals surface area contributed by atoms with Crippen LogP contribution < -0.4 is 5.73 Å². The molecule has 0 unspecified atom stereocenters. The van der Waals surface area contributed by atoms with E-state index in [-0.39, 0.29) is 0 Å². The van der Waals surface area contributed by atoms with Crippen molar-refractivity contribution < 1.29 is 0 Å². The molecular weight excluding hydrogens is 238 g/mol. The number of benzene rings is 1. The third kappa shape index (κ3) is 3.16. The Bertz CT molecular complexity index is 348. The highest BCUT2D eigenvalue weighted by molar-refractivity contribution is 7.99. The lowest BCUT2D eigenvalue weighted by Gasteiger charge is -2.11. The Morgan fingerprint density at radius 2 is 2.06 bits per heavy atom. The lowest BCUT2D eigenvalue weighted by Crippen LogP contribution is -2.01. The monoisotopic (exact) mass is 255 g/mol. The van der Waals surface area contributed by atoms with Gasteiger partial charge in [-0.15, -0.1) is 11.8 Å². The van der Waals surface area contributed by atoms with E-state index >= 15 is 0 Å². The number of thioether (sulfide) groups is 1. The lowest BCUT2D eigenvalue weighted by molar-refractivity contribution is 0.623. The highest BCUT2D eigenvalue weighted by atomic mass is 35.5. The van der Waals surface area contributed by atoms with Crippen LogP contribution in [0, 0.1) is 5.92 Å². The van der Waals surface area contributed by atoms with Gasteiger partial charge in [-0.3, -0.25) is 0 Å². The minimum Gasteiger partial charge on any atom is -0.326 e. The molecule has 0 saturated heterocycles. The Kier molecular flexibility index (Phi) is 4.56. The van der Waals surface area contributed by atoms with Crippen molar-refractivity contribution in [2.75, 3.05) is 5.75 Å². The molecule has 0 aromatic heterocycles. The maximum atomic E-state index is 6.02. The van der Waals surface area contributed by atoms with Crippen molar-refractivity contribution in [2.45, 2.75) is 37.1 Å². The van der Waals surface area contributed by atoms with Gasteiger partial charge in [-0.2, -0.15) is 0 Å². The van der Waals surface area contributed by atoms with Crippen LogP contribution in [0.1, 0.15) is 31.2 Å². The first-order valence-electron chi connectivity index (χ1n) is 5.91. The number of rotatable bonds is 4. The van der Waals surface area contributed by atoms with Crippen LogP contribution >= 0.6 is 23.4 Å². The molecule has 1 nitrogen and oxygen atoms in total. The fourth-order valence-electron chi connectivity index (χ4n) is 2.22. The van der Waals surface area contributed by atoms with Gasteiger partial charge in [0.05, 0.1) is 0 Å². The molecule has 1 aromatic rings. The van der Waals surface area contributed by atoms with E-state index in [0.29, 0.717) is 6.54 Å². The maximum Gasteiger partial charge on any atom is 0.0417 e. The molecule has 1 aliphatic rings. The number of halogens is 1. The summed E-state index contributed by atoms with van der Waals surface area (Å²) in [5, 5.41) is 0.811. The van der Waals surface area contributed by atoms with Crippen molar-refractivity contribution in [1.82, 2.24) is 0 Å². The summed E-state index contributed by atoms with van der Waals surface area (Å²) in [4.78, 5) is 1.27. The van der Waals surface area contributed by atoms with Crippen LogP contribution in [0.5, 0.6) is 0 Å². The van der Waals surface area contributed by atoms with E-state index in [9.17, 15) is 0 Å². The molecule has 0 amide bonds. The lowest BCUT2D eigenvalue weighted by atomic mass is 10.1. The predicted molar refractivity (Wildman–Crippen MR) is 72.0 cm³/mol. The summed E-state index contributed by atoms with van der Waals surface area (Å²) in [7, 11) is 0. The molecule has 0 atom stereocenters. The Morgan fingerprint density at radius 3 is 2.75 bits per heavy atom. The van der Waals surface area contributed by atoms with Gasteiger partial charge >= 0.3 is 0 Å². The van der Waals surface area contributed by atoms with Gasteiger partial charge in [0, 0.05) is 22.2 Å². The molecule has 1 fully saturated rings. The van der Waals surface area contributed by atoms with Crippen molar-refractivity contribution in [3.63, 3.8) is 0 Å². The molecule has 0 spiro atoms. The fourth-order valence-corrected chi connectivity index (χ4v) is 3.75. The largest absolute Gasteiger partial charge is 0.326 e. The summed E-state index contributed by atoms with van der Waals surface area (Å²) in [6, 6.07) is 6.01. The van der Waals surface area contributed by atoms with Crippen molar-refractivity contribution >= 4 is 23.4 Å². The van der Waals surface area contributed by atoms with Gasteiger partial charge in [0.25, 0.3) is 0 Å². The second-order valence-electron chi connectivity index (χ2n) is 4.42. The Labute approximate surface area is 107 Å². The van der Waals surface area contributed by atoms with Crippen molar-refractivity contribution in [2.24, 2.45) is 11.7 Å². The Hall–Kier alpha value is -0.180. The Morgan fingerprint density at radius 1 is 1.31 bits per heavy atom. The van der Waals surface area contributed by atoms with Crippen LogP contribution in [0.4, 0.5) is 0 Å². The van der Waals surface area contributed by atoms with E-state index in [2.05, 4.69) is 0 Å². The number of hydrogen-bond acceptors (Lipinski definition) is 2. The normalized spacial score (nSPS) is 16.9. The second kappa shape index (κ2) is 5.95. The average molecular weight is 256 g/mol. The minimum atomic E-state index is 0.601. The molecule has 0 aliphatic heterocycles. The molecule has 0 heterocycles. The molecule has 16 heavy (non-hydrogen) atoms. The van der Waals surface area contributed by atoms with Gasteiger partial charge in [0.2, 0.25) is 0 Å². The highest BCUT2D eigenvalue weighted by Gasteiger charge is 2.15. The van der Waals surface area contributed by atoms with Crippen LogP contribution in [-0.4, -0.2) is 5.75 Å². The van der Waals surface area contributed by atoms with Gasteiger partial charge in [-0.1, -0.05) is 30.5 Å². The maximum absolute atomic E-state index is 6.02. The van der Waals surface area contributed by atoms with Gasteiger partial charge < -0.3 is 5.73 Å². The predicted octanol–water partition coefficient (Wildman–Crippen LogP) is 4.08. The zero-order valence-corrected chi connectivity index (χ0v) is 11.0. The van der Waals surface area contributed by atoms with E-state index in [4.69, 9.17) is 17.3 Å². The summed E-state index contributed by atoms with van der Waals surface area (Å²) in [6.07, 6.45) is 5.60. The van der Waals surface area contributed by atoms with Crippen LogP contribution in [0.15, 0.2) is 23.1 Å². The van der Waals surface area contributed by atoms with Gasteiger partial charge in [0.15, 0.2) is 0 Å². The molecule has 1 saturated carbocycles. The van der Waals surface area contributed by atoms with E-state index < -0.39 is 0 Å². The van der Waals surface area contributed by atoms with Crippen LogP contribution in [0.3, 0.4) is 0 Å². The highest BCUT2D eigenvalue weighted by Crippen LogP contribution is 2.33. The summed E-state index contributed by atoms with van der Waals surface area (Å²) in [5.74, 6) is 2.11. The van der Waals surface area contributed by atoms with E-state index in [1.54, 1.807) is 0 Å². The third-order valence-corrected chi connectivity index (χ3v) is 4.76. The summed E-state index contributed by atoms with van der Waals surface area (Å²) >= 11 is 7.93. The number of hydrogen-bond donors (Lipinski definition) is 1. The van der Waals surface area contributed by atoms with Crippen LogP contribution in [0.2, 0.25) is 5.02 Å². The van der Waals surface area contributed by atoms with Crippen molar-refractivity contribution in [3.8, 4) is 0 Å². The molecule has 0 bridgehead atoms. The smallest absolute Gasteiger partial charge is 0.0417 e. The van der Waals surface area contributed by atoms with E-state index in [1.807, 2.05) is 30.0 Å². The topological polar surface area (TPSA) is 26.0 Å². The van der Waals surface area contributed by atoms with Crippen LogP contribution in [0.25, 0.3) is 0 Å². The number of nitrogens with two attached hydrogens (primary N) is 1. The molecule has 0 radical (unpaired) electrons. The molecule has 3 heteroatoms. The van der Waals surface area contributed by atoms with Gasteiger partial charge in [-0.05, 0) is 36.5 Å². The fraction of sp³-hybridized carbons (Fsp3) is 0.538. The van der Waals surface area contributed by atoms with E-state index in [1.165, 1.54) is 41.9 Å². The second-order valence-corrected chi connectivity index (χ2v) is 5.92. The molecule has 2 rings (SSSR count).